The highest BCUT2D eigenvalue weighted by Crippen LogP contribution is 2.24. The Labute approximate surface area is 151 Å². The summed E-state index contributed by atoms with van der Waals surface area (Å²) in [5.74, 6) is 1.61. The Kier molecular flexibility index (Phi) is 5.38. The van der Waals surface area contributed by atoms with Crippen LogP contribution in [-0.4, -0.2) is 42.9 Å². The van der Waals surface area contributed by atoms with Gasteiger partial charge in [0, 0.05) is 25.9 Å². The maximum Gasteiger partial charge on any atom is 0.263 e. The van der Waals surface area contributed by atoms with Crippen molar-refractivity contribution in [2.24, 2.45) is 0 Å². The molecule has 25 heavy (non-hydrogen) atoms. The molecular weight excluding hydrogens is 338 g/mol. The first kappa shape index (κ1) is 17.5. The fraction of sp³-hybridized carbons (Fsp3) is 0.368. The zero-order valence-electron chi connectivity index (χ0n) is 14.4. The number of likely N-dealkylation sites (tertiary alicyclic amines) is 1. The molecule has 132 valence electrons. The molecule has 0 saturated carbocycles. The second kappa shape index (κ2) is 7.70. The monoisotopic (exact) mass is 359 g/mol. The molecule has 1 fully saturated rings. The van der Waals surface area contributed by atoms with Crippen molar-refractivity contribution in [1.82, 2.24) is 4.90 Å². The van der Waals surface area contributed by atoms with E-state index < -0.39 is 0 Å². The molecule has 2 heterocycles. The molecule has 0 radical (unpaired) electrons. The highest BCUT2D eigenvalue weighted by molar-refractivity contribution is 7.15. The lowest BCUT2D eigenvalue weighted by molar-refractivity contribution is 0.0600. The first-order chi connectivity index (χ1) is 12.1. The first-order valence-corrected chi connectivity index (χ1v) is 9.09. The molecule has 0 atom stereocenters. The molecule has 1 aliphatic heterocycles. The summed E-state index contributed by atoms with van der Waals surface area (Å²) in [5, 5.41) is 0. The van der Waals surface area contributed by atoms with Crippen molar-refractivity contribution >= 4 is 23.0 Å². The maximum atomic E-state index is 12.5. The topological polar surface area (TPSA) is 55.8 Å². The minimum absolute atomic E-state index is 0.000368. The Hall–Kier alpha value is -2.34. The van der Waals surface area contributed by atoms with Crippen LogP contribution in [0.4, 0.5) is 0 Å². The van der Waals surface area contributed by atoms with Crippen LogP contribution >= 0.6 is 11.3 Å². The summed E-state index contributed by atoms with van der Waals surface area (Å²) in [5.41, 5.74) is 0. The normalized spacial score (nSPS) is 15.0. The van der Waals surface area contributed by atoms with Crippen molar-refractivity contribution in [1.29, 1.82) is 0 Å². The lowest BCUT2D eigenvalue weighted by Gasteiger charge is -2.32. The molecule has 1 saturated heterocycles. The van der Waals surface area contributed by atoms with Gasteiger partial charge in [-0.1, -0.05) is 0 Å². The minimum Gasteiger partial charge on any atom is -0.497 e. The van der Waals surface area contributed by atoms with Crippen LogP contribution in [0.25, 0.3) is 0 Å². The van der Waals surface area contributed by atoms with Crippen LogP contribution in [0.5, 0.6) is 11.5 Å². The van der Waals surface area contributed by atoms with E-state index in [0.29, 0.717) is 22.8 Å². The summed E-state index contributed by atoms with van der Waals surface area (Å²) in [6.07, 6.45) is 1.69. The first-order valence-electron chi connectivity index (χ1n) is 8.27. The molecule has 6 heteroatoms. The minimum atomic E-state index is -0.00403. The number of carbonyl (C=O) groups is 2. The van der Waals surface area contributed by atoms with Crippen LogP contribution in [0.3, 0.4) is 0 Å². The van der Waals surface area contributed by atoms with Gasteiger partial charge in [-0.15, -0.1) is 11.3 Å². The number of nitrogens with zero attached hydrogens (tertiary/aromatic N) is 1. The largest absolute Gasteiger partial charge is 0.497 e. The van der Waals surface area contributed by atoms with Crippen molar-refractivity contribution < 1.29 is 19.1 Å². The molecule has 2 aromatic rings. The summed E-state index contributed by atoms with van der Waals surface area (Å²) in [6.45, 7) is 2.84. The van der Waals surface area contributed by atoms with Crippen LogP contribution in [-0.2, 0) is 0 Å². The van der Waals surface area contributed by atoms with Crippen molar-refractivity contribution in [3.8, 4) is 11.5 Å². The van der Waals surface area contributed by atoms with Crippen LogP contribution < -0.4 is 9.47 Å². The summed E-state index contributed by atoms with van der Waals surface area (Å²) < 4.78 is 11.1. The van der Waals surface area contributed by atoms with Crippen LogP contribution in [0.2, 0.25) is 0 Å². The summed E-state index contributed by atoms with van der Waals surface area (Å²) in [6, 6.07) is 11.0. The number of amides is 1. The molecule has 1 aromatic heterocycles. The summed E-state index contributed by atoms with van der Waals surface area (Å²) in [4.78, 5) is 27.0. The van der Waals surface area contributed by atoms with E-state index in [2.05, 4.69) is 0 Å². The molecule has 0 unspecified atom stereocenters. The van der Waals surface area contributed by atoms with Crippen LogP contribution in [0, 0.1) is 0 Å². The Balaban J connectivity index is 1.53. The molecule has 0 N–H and O–H groups in total. The summed E-state index contributed by atoms with van der Waals surface area (Å²) >= 11 is 1.27. The van der Waals surface area contributed by atoms with Crippen molar-refractivity contribution in [3.63, 3.8) is 0 Å². The third kappa shape index (κ3) is 4.20. The molecule has 1 aromatic carbocycles. The Morgan fingerprint density at radius 1 is 1.00 bits per heavy atom. The summed E-state index contributed by atoms with van der Waals surface area (Å²) in [7, 11) is 1.63. The number of piperidine rings is 1. The van der Waals surface area contributed by atoms with Crippen molar-refractivity contribution in [3.05, 3.63) is 46.2 Å². The number of hydrogen-bond acceptors (Lipinski definition) is 5. The number of ketones is 1. The van der Waals surface area contributed by atoms with Gasteiger partial charge in [-0.2, -0.15) is 0 Å². The molecular formula is C19H21NO4S. The number of rotatable bonds is 5. The second-order valence-electron chi connectivity index (χ2n) is 6.01. The van der Waals surface area contributed by atoms with Gasteiger partial charge in [0.15, 0.2) is 5.78 Å². The van der Waals surface area contributed by atoms with Crippen LogP contribution in [0.15, 0.2) is 36.4 Å². The predicted molar refractivity (Wildman–Crippen MR) is 96.9 cm³/mol. The van der Waals surface area contributed by atoms with Crippen molar-refractivity contribution in [2.45, 2.75) is 25.9 Å². The standard InChI is InChI=1S/C19H21NO4S/c1-13(21)17-7-8-18(25-17)19(22)20-11-9-16(10-12-20)24-15-5-3-14(23-2)4-6-15/h3-8,16H,9-12H2,1-2H3. The maximum absolute atomic E-state index is 12.5. The molecule has 5 nitrogen and oxygen atoms in total. The van der Waals surface area contributed by atoms with E-state index in [1.54, 1.807) is 19.2 Å². The lowest BCUT2D eigenvalue weighted by Crippen LogP contribution is -2.41. The van der Waals surface area contributed by atoms with E-state index in [9.17, 15) is 9.59 Å². The third-order valence-electron chi connectivity index (χ3n) is 4.26. The van der Waals surface area contributed by atoms with Gasteiger partial charge in [-0.25, -0.2) is 0 Å². The van der Waals surface area contributed by atoms with E-state index in [1.807, 2.05) is 29.2 Å². The smallest absolute Gasteiger partial charge is 0.263 e. The van der Waals surface area contributed by atoms with E-state index in [4.69, 9.17) is 9.47 Å². The van der Waals surface area contributed by atoms with Gasteiger partial charge in [0.2, 0.25) is 0 Å². The van der Waals surface area contributed by atoms with Gasteiger partial charge in [0.1, 0.15) is 17.6 Å². The van der Waals surface area contributed by atoms with E-state index in [0.717, 1.165) is 24.3 Å². The highest BCUT2D eigenvalue weighted by Gasteiger charge is 2.25. The zero-order chi connectivity index (χ0) is 17.8. The molecule has 0 bridgehead atoms. The number of carbonyl (C=O) groups excluding carboxylic acids is 2. The molecule has 0 spiro atoms. The molecule has 3 rings (SSSR count). The van der Waals surface area contributed by atoms with Crippen LogP contribution in [0.1, 0.15) is 39.1 Å². The molecule has 1 aliphatic rings. The van der Waals surface area contributed by atoms with Gasteiger partial charge >= 0.3 is 0 Å². The van der Waals surface area contributed by atoms with Gasteiger partial charge in [-0.05, 0) is 43.3 Å². The van der Waals surface area contributed by atoms with E-state index >= 15 is 0 Å². The average molecular weight is 359 g/mol. The number of Topliss-reactive ketones (excluding diaryl/α,β-unsaturated/α-hetero) is 1. The number of methoxy groups -OCH3 is 1. The fourth-order valence-corrected chi connectivity index (χ4v) is 3.69. The second-order valence-corrected chi connectivity index (χ2v) is 7.09. The van der Waals surface area contributed by atoms with E-state index in [-0.39, 0.29) is 17.8 Å². The predicted octanol–water partition coefficient (Wildman–Crippen LogP) is 3.64. The lowest BCUT2D eigenvalue weighted by atomic mass is 10.1. The molecule has 0 aliphatic carbocycles. The van der Waals surface area contributed by atoms with Gasteiger partial charge in [0.05, 0.1) is 16.9 Å². The quantitative estimate of drug-likeness (QED) is 0.765. The van der Waals surface area contributed by atoms with Gasteiger partial charge < -0.3 is 14.4 Å². The Bertz CT molecular complexity index is 745. The van der Waals surface area contributed by atoms with Gasteiger partial charge in [-0.3, -0.25) is 9.59 Å². The average Bonchev–Trinajstić information content (AvgIpc) is 3.13. The Morgan fingerprint density at radius 2 is 1.60 bits per heavy atom. The molecule has 1 amide bonds. The Morgan fingerprint density at radius 3 is 2.16 bits per heavy atom. The fourth-order valence-electron chi connectivity index (χ4n) is 2.82. The number of ether oxygens (including phenoxy) is 2. The van der Waals surface area contributed by atoms with Crippen molar-refractivity contribution in [2.75, 3.05) is 20.2 Å². The highest BCUT2D eigenvalue weighted by atomic mass is 32.1. The number of benzene rings is 1. The zero-order valence-corrected chi connectivity index (χ0v) is 15.2. The number of thiophene rings is 1. The number of hydrogen-bond donors (Lipinski definition) is 0. The third-order valence-corrected chi connectivity index (χ3v) is 5.43. The van der Waals surface area contributed by atoms with Gasteiger partial charge in [0.25, 0.3) is 5.91 Å². The SMILES string of the molecule is COc1ccc(OC2CCN(C(=O)c3ccc(C(C)=O)s3)CC2)cc1. The van der Waals surface area contributed by atoms with E-state index in [1.165, 1.54) is 18.3 Å².